The molecule has 1 aliphatic heterocycles. The summed E-state index contributed by atoms with van der Waals surface area (Å²) in [6, 6.07) is 12.2. The second-order valence-corrected chi connectivity index (χ2v) is 7.16. The SMILES string of the molecule is Cc1ccc(S(=O)(=O)C2N=COC2c2cccc(F)c2)cc1. The third-order valence-corrected chi connectivity index (χ3v) is 5.45. The summed E-state index contributed by atoms with van der Waals surface area (Å²) >= 11 is 0. The van der Waals surface area contributed by atoms with E-state index in [0.29, 0.717) is 5.56 Å². The zero-order valence-electron chi connectivity index (χ0n) is 11.8. The summed E-state index contributed by atoms with van der Waals surface area (Å²) in [4.78, 5) is 4.11. The van der Waals surface area contributed by atoms with E-state index in [-0.39, 0.29) is 4.90 Å². The first-order valence-electron chi connectivity index (χ1n) is 6.71. The number of benzene rings is 2. The van der Waals surface area contributed by atoms with Crippen LogP contribution in [0.4, 0.5) is 4.39 Å². The third-order valence-electron chi connectivity index (χ3n) is 3.52. The lowest BCUT2D eigenvalue weighted by molar-refractivity contribution is 0.226. The van der Waals surface area contributed by atoms with Crippen molar-refractivity contribution in [1.82, 2.24) is 0 Å². The molecule has 2 atom stereocenters. The van der Waals surface area contributed by atoms with Crippen molar-refractivity contribution in [2.45, 2.75) is 23.3 Å². The van der Waals surface area contributed by atoms with E-state index in [1.165, 1.54) is 18.2 Å². The number of ether oxygens (including phenoxy) is 1. The predicted molar refractivity (Wildman–Crippen MR) is 80.9 cm³/mol. The summed E-state index contributed by atoms with van der Waals surface area (Å²) in [7, 11) is -3.71. The first kappa shape index (κ1) is 14.7. The largest absolute Gasteiger partial charge is 0.472 e. The van der Waals surface area contributed by atoms with Gasteiger partial charge in [-0.25, -0.2) is 17.8 Å². The van der Waals surface area contributed by atoms with E-state index in [1.807, 2.05) is 6.92 Å². The maximum atomic E-state index is 13.4. The van der Waals surface area contributed by atoms with Crippen molar-refractivity contribution in [1.29, 1.82) is 0 Å². The molecule has 6 heteroatoms. The maximum absolute atomic E-state index is 13.4. The van der Waals surface area contributed by atoms with Crippen LogP contribution in [0.2, 0.25) is 0 Å². The highest BCUT2D eigenvalue weighted by molar-refractivity contribution is 7.92. The summed E-state index contributed by atoms with van der Waals surface area (Å²) in [6.07, 6.45) is 0.272. The van der Waals surface area contributed by atoms with Gasteiger partial charge < -0.3 is 4.74 Å². The first-order chi connectivity index (χ1) is 10.5. The number of hydrogen-bond acceptors (Lipinski definition) is 4. The average Bonchev–Trinajstić information content (AvgIpc) is 2.98. The quantitative estimate of drug-likeness (QED) is 0.874. The van der Waals surface area contributed by atoms with E-state index >= 15 is 0 Å². The van der Waals surface area contributed by atoms with E-state index in [2.05, 4.69) is 4.99 Å². The van der Waals surface area contributed by atoms with Crippen LogP contribution in [-0.2, 0) is 14.6 Å². The van der Waals surface area contributed by atoms with Crippen LogP contribution in [0, 0.1) is 12.7 Å². The Labute approximate surface area is 128 Å². The standard InChI is InChI=1S/C16H14FNO3S/c1-11-5-7-14(8-6-11)22(19,20)16-15(21-10-18-16)12-3-2-4-13(17)9-12/h2-10,15-16H,1H3. The molecular formula is C16H14FNO3S. The fourth-order valence-corrected chi connectivity index (χ4v) is 3.89. The highest BCUT2D eigenvalue weighted by Gasteiger charge is 2.39. The monoisotopic (exact) mass is 319 g/mol. The second-order valence-electron chi connectivity index (χ2n) is 5.11. The summed E-state index contributed by atoms with van der Waals surface area (Å²) in [5.74, 6) is -0.445. The molecule has 0 amide bonds. The normalized spacial score (nSPS) is 20.8. The molecule has 3 rings (SSSR count). The van der Waals surface area contributed by atoms with Gasteiger partial charge in [-0.05, 0) is 36.8 Å². The number of hydrogen-bond donors (Lipinski definition) is 0. The Morgan fingerprint density at radius 1 is 1.14 bits per heavy atom. The first-order valence-corrected chi connectivity index (χ1v) is 8.26. The summed E-state index contributed by atoms with van der Waals surface area (Å²) in [5.41, 5.74) is 1.41. The van der Waals surface area contributed by atoms with E-state index < -0.39 is 27.1 Å². The maximum Gasteiger partial charge on any atom is 0.205 e. The van der Waals surface area contributed by atoms with Crippen molar-refractivity contribution < 1.29 is 17.5 Å². The number of rotatable bonds is 3. The molecule has 0 aliphatic carbocycles. The van der Waals surface area contributed by atoms with Gasteiger partial charge in [0.25, 0.3) is 0 Å². The molecule has 2 unspecified atom stereocenters. The van der Waals surface area contributed by atoms with Crippen molar-refractivity contribution in [2.24, 2.45) is 4.99 Å². The van der Waals surface area contributed by atoms with Crippen molar-refractivity contribution in [2.75, 3.05) is 0 Å². The van der Waals surface area contributed by atoms with Crippen LogP contribution in [0.5, 0.6) is 0 Å². The molecular weight excluding hydrogens is 305 g/mol. The van der Waals surface area contributed by atoms with Crippen LogP contribution in [0.15, 0.2) is 58.4 Å². The molecule has 114 valence electrons. The molecule has 0 saturated heterocycles. The van der Waals surface area contributed by atoms with E-state index in [4.69, 9.17) is 4.74 Å². The zero-order valence-corrected chi connectivity index (χ0v) is 12.6. The number of aryl methyl sites for hydroxylation is 1. The molecule has 0 N–H and O–H groups in total. The molecule has 0 saturated carbocycles. The summed E-state index contributed by atoms with van der Waals surface area (Å²) in [5, 5.41) is -1.11. The van der Waals surface area contributed by atoms with Gasteiger partial charge in [-0.2, -0.15) is 0 Å². The van der Waals surface area contributed by atoms with E-state index in [9.17, 15) is 12.8 Å². The van der Waals surface area contributed by atoms with Gasteiger partial charge >= 0.3 is 0 Å². The van der Waals surface area contributed by atoms with Gasteiger partial charge in [-0.3, -0.25) is 0 Å². The van der Waals surface area contributed by atoms with Crippen molar-refractivity contribution in [3.05, 3.63) is 65.5 Å². The Bertz CT molecular complexity index is 816. The highest BCUT2D eigenvalue weighted by Crippen LogP contribution is 2.33. The number of sulfone groups is 1. The number of halogens is 1. The van der Waals surface area contributed by atoms with Gasteiger partial charge in [0, 0.05) is 0 Å². The van der Waals surface area contributed by atoms with Gasteiger partial charge in [0.05, 0.1) is 4.90 Å². The molecule has 0 fully saturated rings. The van der Waals surface area contributed by atoms with Gasteiger partial charge in [0.2, 0.25) is 9.84 Å². The van der Waals surface area contributed by atoms with Crippen molar-refractivity contribution in [3.63, 3.8) is 0 Å². The highest BCUT2D eigenvalue weighted by atomic mass is 32.2. The second kappa shape index (κ2) is 5.53. The van der Waals surface area contributed by atoms with Crippen LogP contribution in [0.1, 0.15) is 17.2 Å². The van der Waals surface area contributed by atoms with E-state index in [1.54, 1.807) is 30.3 Å². The molecule has 2 aromatic carbocycles. The fraction of sp³-hybridized carbons (Fsp3) is 0.188. The molecule has 0 spiro atoms. The van der Waals surface area contributed by atoms with Crippen LogP contribution in [-0.4, -0.2) is 20.2 Å². The molecule has 2 aromatic rings. The minimum absolute atomic E-state index is 0.173. The molecule has 0 bridgehead atoms. The molecule has 0 aromatic heterocycles. The lowest BCUT2D eigenvalue weighted by atomic mass is 10.1. The van der Waals surface area contributed by atoms with Gasteiger partial charge in [0.1, 0.15) is 5.82 Å². The van der Waals surface area contributed by atoms with Gasteiger partial charge in [0.15, 0.2) is 17.9 Å². The number of nitrogens with zero attached hydrogens (tertiary/aromatic N) is 1. The molecule has 1 heterocycles. The van der Waals surface area contributed by atoms with Gasteiger partial charge in [-0.1, -0.05) is 29.8 Å². The topological polar surface area (TPSA) is 55.7 Å². The molecule has 1 aliphatic rings. The van der Waals surface area contributed by atoms with Crippen LogP contribution < -0.4 is 0 Å². The minimum Gasteiger partial charge on any atom is -0.472 e. The summed E-state index contributed by atoms with van der Waals surface area (Å²) < 4.78 is 44.1. The Balaban J connectivity index is 1.98. The Morgan fingerprint density at radius 3 is 2.55 bits per heavy atom. The average molecular weight is 319 g/mol. The van der Waals surface area contributed by atoms with Crippen LogP contribution >= 0.6 is 0 Å². The lowest BCUT2D eigenvalue weighted by Gasteiger charge is -2.18. The smallest absolute Gasteiger partial charge is 0.205 e. The predicted octanol–water partition coefficient (Wildman–Crippen LogP) is 3.03. The zero-order chi connectivity index (χ0) is 15.7. The van der Waals surface area contributed by atoms with E-state index in [0.717, 1.165) is 12.0 Å². The third kappa shape index (κ3) is 2.62. The molecule has 22 heavy (non-hydrogen) atoms. The molecule has 0 radical (unpaired) electrons. The molecule has 4 nitrogen and oxygen atoms in total. The fourth-order valence-electron chi connectivity index (χ4n) is 2.34. The van der Waals surface area contributed by atoms with Gasteiger partial charge in [-0.15, -0.1) is 0 Å². The Morgan fingerprint density at radius 2 is 1.86 bits per heavy atom. The number of aliphatic imine (C=N–C) groups is 1. The minimum atomic E-state index is -3.71. The Hall–Kier alpha value is -2.21. The lowest BCUT2D eigenvalue weighted by Crippen LogP contribution is -2.24. The van der Waals surface area contributed by atoms with Crippen molar-refractivity contribution in [3.8, 4) is 0 Å². The van der Waals surface area contributed by atoms with Crippen molar-refractivity contribution >= 4 is 16.2 Å². The summed E-state index contributed by atoms with van der Waals surface area (Å²) in [6.45, 7) is 1.88. The Kier molecular flexibility index (Phi) is 3.70. The van der Waals surface area contributed by atoms with Crippen LogP contribution in [0.25, 0.3) is 0 Å². The van der Waals surface area contributed by atoms with Crippen LogP contribution in [0.3, 0.4) is 0 Å².